The summed E-state index contributed by atoms with van der Waals surface area (Å²) >= 11 is 5.75. The number of benzene rings is 1. The monoisotopic (exact) mass is 433 g/mol. The Morgan fingerprint density at radius 3 is 2.70 bits per heavy atom. The van der Waals surface area contributed by atoms with Gasteiger partial charge in [-0.15, -0.1) is 0 Å². The zero-order valence-corrected chi connectivity index (χ0v) is 16.5. The predicted octanol–water partition coefficient (Wildman–Crippen LogP) is 2.49. The Hall–Kier alpha value is -3.53. The first kappa shape index (κ1) is 21.2. The molecule has 11 heteroatoms. The molecule has 0 radical (unpaired) electrons. The number of nitrogens with zero attached hydrogens (tertiary/aromatic N) is 3. The Bertz CT molecular complexity index is 1150. The molecule has 3 rings (SSSR count). The van der Waals surface area contributed by atoms with Gasteiger partial charge in [-0.25, -0.2) is 14.4 Å². The number of hydrogen-bond donors (Lipinski definition) is 3. The second kappa shape index (κ2) is 8.87. The molecule has 2 aromatic heterocycles. The maximum Gasteiger partial charge on any atom is 0.303 e. The standard InChI is InChI=1S/C19H17ClFN5O4/c1-26-8-13(25-14(27)4-5-15(28)29)16-18(26)17(24-9-23-16)19(30)22-7-10-2-3-12(21)11(20)6-10/h2-3,6,8-9H,4-5,7H2,1H3,(H,22,30)(H,25,27)(H,28,29). The molecule has 156 valence electrons. The second-order valence-electron chi connectivity index (χ2n) is 6.45. The SMILES string of the molecule is Cn1cc(NC(=O)CCC(=O)O)c2ncnc(C(=O)NCc3ccc(F)c(Cl)c3)c21. The molecule has 0 bridgehead atoms. The number of halogens is 2. The maximum absolute atomic E-state index is 13.3. The van der Waals surface area contributed by atoms with Crippen molar-refractivity contribution in [2.75, 3.05) is 5.32 Å². The Kier molecular flexibility index (Phi) is 6.26. The van der Waals surface area contributed by atoms with Crippen LogP contribution in [0.3, 0.4) is 0 Å². The molecule has 30 heavy (non-hydrogen) atoms. The van der Waals surface area contributed by atoms with Gasteiger partial charge in [0.05, 0.1) is 17.1 Å². The number of hydrogen-bond acceptors (Lipinski definition) is 5. The quantitative estimate of drug-likeness (QED) is 0.525. The van der Waals surface area contributed by atoms with E-state index in [1.807, 2.05) is 0 Å². The van der Waals surface area contributed by atoms with E-state index in [1.54, 1.807) is 17.8 Å². The molecular formula is C19H17ClFN5O4. The molecule has 0 aliphatic carbocycles. The van der Waals surface area contributed by atoms with Gasteiger partial charge < -0.3 is 20.3 Å². The van der Waals surface area contributed by atoms with Gasteiger partial charge in [0.1, 0.15) is 23.2 Å². The van der Waals surface area contributed by atoms with Crippen molar-refractivity contribution in [3.8, 4) is 0 Å². The van der Waals surface area contributed by atoms with E-state index >= 15 is 0 Å². The Morgan fingerprint density at radius 2 is 2.00 bits per heavy atom. The summed E-state index contributed by atoms with van der Waals surface area (Å²) in [5.74, 6) is -2.60. The number of nitrogens with one attached hydrogen (secondary N) is 2. The summed E-state index contributed by atoms with van der Waals surface area (Å²) < 4.78 is 14.9. The predicted molar refractivity (Wildman–Crippen MR) is 107 cm³/mol. The molecule has 9 nitrogen and oxygen atoms in total. The summed E-state index contributed by atoms with van der Waals surface area (Å²) in [5, 5.41) is 13.9. The van der Waals surface area contributed by atoms with Crippen molar-refractivity contribution < 1.29 is 23.9 Å². The minimum Gasteiger partial charge on any atom is -0.481 e. The Balaban J connectivity index is 1.80. The van der Waals surface area contributed by atoms with Crippen LogP contribution in [-0.2, 0) is 23.2 Å². The molecule has 0 fully saturated rings. The molecular weight excluding hydrogens is 417 g/mol. The van der Waals surface area contributed by atoms with E-state index in [0.717, 1.165) is 0 Å². The van der Waals surface area contributed by atoms with E-state index in [0.29, 0.717) is 22.3 Å². The third kappa shape index (κ3) is 4.71. The lowest BCUT2D eigenvalue weighted by atomic mass is 10.2. The molecule has 0 aliphatic heterocycles. The normalized spacial score (nSPS) is 10.8. The van der Waals surface area contributed by atoms with Gasteiger partial charge in [0.15, 0.2) is 5.69 Å². The molecule has 0 aliphatic rings. The lowest BCUT2D eigenvalue weighted by molar-refractivity contribution is -0.138. The van der Waals surface area contributed by atoms with Gasteiger partial charge in [-0.2, -0.15) is 0 Å². The van der Waals surface area contributed by atoms with Gasteiger partial charge >= 0.3 is 5.97 Å². The summed E-state index contributed by atoms with van der Waals surface area (Å²) in [4.78, 5) is 43.4. The summed E-state index contributed by atoms with van der Waals surface area (Å²) in [6.45, 7) is 0.105. The summed E-state index contributed by atoms with van der Waals surface area (Å²) in [5.41, 5.74) is 1.76. The summed E-state index contributed by atoms with van der Waals surface area (Å²) in [6, 6.07) is 4.13. The van der Waals surface area contributed by atoms with Crippen molar-refractivity contribution in [1.29, 1.82) is 0 Å². The molecule has 0 saturated heterocycles. The van der Waals surface area contributed by atoms with Gasteiger partial charge in [0.25, 0.3) is 5.91 Å². The van der Waals surface area contributed by atoms with E-state index in [2.05, 4.69) is 20.6 Å². The van der Waals surface area contributed by atoms with Crippen molar-refractivity contribution in [2.24, 2.45) is 7.05 Å². The molecule has 0 atom stereocenters. The van der Waals surface area contributed by atoms with Gasteiger partial charge in [0, 0.05) is 26.2 Å². The minimum atomic E-state index is -1.08. The van der Waals surface area contributed by atoms with Gasteiger partial charge in [0.2, 0.25) is 5.91 Å². The fourth-order valence-corrected chi connectivity index (χ4v) is 3.04. The lowest BCUT2D eigenvalue weighted by Gasteiger charge is -2.07. The molecule has 0 saturated carbocycles. The van der Waals surface area contributed by atoms with Crippen molar-refractivity contribution in [3.63, 3.8) is 0 Å². The smallest absolute Gasteiger partial charge is 0.303 e. The zero-order chi connectivity index (χ0) is 21.8. The Morgan fingerprint density at radius 1 is 1.23 bits per heavy atom. The van der Waals surface area contributed by atoms with Gasteiger partial charge in [-0.1, -0.05) is 17.7 Å². The topological polar surface area (TPSA) is 126 Å². The average molecular weight is 434 g/mol. The van der Waals surface area contributed by atoms with Crippen LogP contribution in [0.1, 0.15) is 28.9 Å². The lowest BCUT2D eigenvalue weighted by Crippen LogP contribution is -2.24. The fourth-order valence-electron chi connectivity index (χ4n) is 2.84. The Labute approximate surface area is 174 Å². The van der Waals surface area contributed by atoms with Crippen molar-refractivity contribution in [2.45, 2.75) is 19.4 Å². The number of fused-ring (bicyclic) bond motifs is 1. The summed E-state index contributed by atoms with van der Waals surface area (Å²) in [7, 11) is 1.66. The van der Waals surface area contributed by atoms with Crippen molar-refractivity contribution >= 4 is 46.1 Å². The molecule has 3 N–H and O–H groups in total. The number of aliphatic carboxylic acids is 1. The number of aryl methyl sites for hydroxylation is 1. The summed E-state index contributed by atoms with van der Waals surface area (Å²) in [6.07, 6.45) is 2.27. The molecule has 1 aromatic carbocycles. The first-order chi connectivity index (χ1) is 14.3. The van der Waals surface area contributed by atoms with E-state index < -0.39 is 23.6 Å². The van der Waals surface area contributed by atoms with Crippen LogP contribution in [0.25, 0.3) is 11.0 Å². The number of anilines is 1. The molecule has 3 aromatic rings. The number of aromatic nitrogens is 3. The largest absolute Gasteiger partial charge is 0.481 e. The maximum atomic E-state index is 13.3. The van der Waals surface area contributed by atoms with Gasteiger partial charge in [-0.05, 0) is 17.7 Å². The molecule has 0 unspecified atom stereocenters. The van der Waals surface area contributed by atoms with Crippen LogP contribution in [0.15, 0.2) is 30.7 Å². The van der Waals surface area contributed by atoms with Crippen LogP contribution in [0.5, 0.6) is 0 Å². The highest BCUT2D eigenvalue weighted by Gasteiger charge is 2.19. The van der Waals surface area contributed by atoms with Crippen LogP contribution in [-0.4, -0.2) is 37.4 Å². The van der Waals surface area contributed by atoms with Crippen molar-refractivity contribution in [3.05, 3.63) is 52.8 Å². The van der Waals surface area contributed by atoms with Crippen LogP contribution >= 0.6 is 11.6 Å². The molecule has 2 heterocycles. The second-order valence-corrected chi connectivity index (χ2v) is 6.85. The highest BCUT2D eigenvalue weighted by atomic mass is 35.5. The highest BCUT2D eigenvalue weighted by molar-refractivity contribution is 6.30. The van der Waals surface area contributed by atoms with E-state index in [-0.39, 0.29) is 30.1 Å². The average Bonchev–Trinajstić information content (AvgIpc) is 3.02. The minimum absolute atomic E-state index is 0.0445. The highest BCUT2D eigenvalue weighted by Crippen LogP contribution is 2.25. The van der Waals surface area contributed by atoms with Crippen molar-refractivity contribution in [1.82, 2.24) is 19.9 Å². The first-order valence-electron chi connectivity index (χ1n) is 8.80. The number of carboxylic acids is 1. The number of amides is 2. The van der Waals surface area contributed by atoms with Crippen LogP contribution < -0.4 is 10.6 Å². The zero-order valence-electron chi connectivity index (χ0n) is 15.8. The molecule has 2 amide bonds. The third-order valence-electron chi connectivity index (χ3n) is 4.25. The first-order valence-corrected chi connectivity index (χ1v) is 9.18. The number of carbonyl (C=O) groups is 3. The van der Waals surface area contributed by atoms with Crippen LogP contribution in [0.4, 0.5) is 10.1 Å². The van der Waals surface area contributed by atoms with E-state index in [4.69, 9.17) is 16.7 Å². The van der Waals surface area contributed by atoms with E-state index in [1.165, 1.54) is 24.5 Å². The number of rotatable bonds is 7. The van der Waals surface area contributed by atoms with Crippen LogP contribution in [0.2, 0.25) is 5.02 Å². The number of carboxylic acid groups (broad SMARTS) is 1. The fraction of sp³-hybridized carbons (Fsp3) is 0.211. The molecule has 0 spiro atoms. The van der Waals surface area contributed by atoms with Gasteiger partial charge in [-0.3, -0.25) is 14.4 Å². The number of carbonyl (C=O) groups excluding carboxylic acids is 2. The third-order valence-corrected chi connectivity index (χ3v) is 4.53. The van der Waals surface area contributed by atoms with E-state index in [9.17, 15) is 18.8 Å². The van der Waals surface area contributed by atoms with Crippen LogP contribution in [0, 0.1) is 5.82 Å².